The molecule has 3 aromatic rings. The third kappa shape index (κ3) is 4.68. The van der Waals surface area contributed by atoms with Crippen LogP contribution in [-0.4, -0.2) is 23.2 Å². The van der Waals surface area contributed by atoms with Crippen LogP contribution in [-0.2, 0) is 29.2 Å². The van der Waals surface area contributed by atoms with Crippen LogP contribution >= 0.6 is 11.3 Å². The Hall–Kier alpha value is -3.18. The summed E-state index contributed by atoms with van der Waals surface area (Å²) in [4.78, 5) is 3.04. The molecule has 0 spiro atoms. The van der Waals surface area contributed by atoms with Gasteiger partial charge in [0.1, 0.15) is 6.07 Å². The third-order valence-electron chi connectivity index (χ3n) is 4.06. The molecule has 0 bridgehead atoms. The van der Waals surface area contributed by atoms with E-state index >= 15 is 0 Å². The fraction of sp³-hybridized carbons (Fsp3) is 0.167. The number of nitriles is 1. The lowest BCUT2D eigenvalue weighted by atomic mass is 10.3. The molecule has 3 aromatic heterocycles. The van der Waals surface area contributed by atoms with E-state index < -0.39 is 43.4 Å². The maximum absolute atomic E-state index is 12.8. The molecular formula is C18H10F6N4O2S2. The fourth-order valence-electron chi connectivity index (χ4n) is 2.52. The molecule has 0 aliphatic carbocycles. The van der Waals surface area contributed by atoms with Gasteiger partial charge in [0.05, 0.1) is 16.1 Å². The molecule has 6 nitrogen and oxygen atoms in total. The Bertz CT molecular complexity index is 1330. The maximum atomic E-state index is 12.8. The normalized spacial score (nSPS) is 13.2. The van der Waals surface area contributed by atoms with E-state index in [0.717, 1.165) is 28.2 Å². The highest BCUT2D eigenvalue weighted by Crippen LogP contribution is 2.35. The molecule has 0 aliphatic rings. The number of hydrogen-bond acceptors (Lipinski definition) is 6. The number of nitrogens with zero attached hydrogens (tertiary/aromatic N) is 4. The molecule has 0 N–H and O–H groups in total. The first-order valence-corrected chi connectivity index (χ1v) is 10.6. The van der Waals surface area contributed by atoms with Gasteiger partial charge in [-0.2, -0.15) is 36.7 Å². The van der Waals surface area contributed by atoms with Crippen LogP contribution in [0.15, 0.2) is 46.5 Å². The lowest BCUT2D eigenvalue weighted by molar-refractivity contribution is -0.141. The van der Waals surface area contributed by atoms with Gasteiger partial charge in [-0.25, -0.2) is 13.4 Å². The first-order valence-electron chi connectivity index (χ1n) is 8.35. The lowest BCUT2D eigenvalue weighted by Crippen LogP contribution is -2.09. The van der Waals surface area contributed by atoms with Gasteiger partial charge in [-0.3, -0.25) is 4.68 Å². The van der Waals surface area contributed by atoms with Crippen molar-refractivity contribution < 1.29 is 34.8 Å². The van der Waals surface area contributed by atoms with E-state index in [4.69, 9.17) is 0 Å². The summed E-state index contributed by atoms with van der Waals surface area (Å²) in [6.45, 7) is 0. The smallest absolute Gasteiger partial charge is 0.267 e. The summed E-state index contributed by atoms with van der Waals surface area (Å²) in [6.07, 6.45) is -8.06. The van der Waals surface area contributed by atoms with Crippen LogP contribution < -0.4 is 0 Å². The molecule has 0 atom stereocenters. The zero-order chi connectivity index (χ0) is 23.9. The zero-order valence-electron chi connectivity index (χ0n) is 15.7. The van der Waals surface area contributed by atoms with Gasteiger partial charge < -0.3 is 0 Å². The second-order valence-corrected chi connectivity index (χ2v) is 9.23. The number of rotatable bonds is 4. The highest BCUT2D eigenvalue weighted by atomic mass is 32.2. The highest BCUT2D eigenvalue weighted by molar-refractivity contribution is 7.95. The van der Waals surface area contributed by atoms with Crippen LogP contribution in [0.3, 0.4) is 0 Å². The third-order valence-corrected chi connectivity index (χ3v) is 6.70. The molecule has 0 aliphatic heterocycles. The summed E-state index contributed by atoms with van der Waals surface area (Å²) in [5, 5.41) is 11.9. The minimum Gasteiger partial charge on any atom is -0.267 e. The minimum atomic E-state index is -4.71. The van der Waals surface area contributed by atoms with E-state index in [2.05, 4.69) is 10.1 Å². The molecule has 0 fully saturated rings. The molecule has 0 amide bonds. The molecule has 0 aromatic carbocycles. The van der Waals surface area contributed by atoms with Crippen molar-refractivity contribution in [2.45, 2.75) is 17.4 Å². The van der Waals surface area contributed by atoms with Crippen molar-refractivity contribution in [2.75, 3.05) is 0 Å². The predicted octanol–water partition coefficient (Wildman–Crippen LogP) is 4.92. The first kappa shape index (κ1) is 23.5. The Balaban J connectivity index is 1.95. The first-order chi connectivity index (χ1) is 14.7. The van der Waals surface area contributed by atoms with E-state index in [1.165, 1.54) is 25.2 Å². The molecule has 168 valence electrons. The zero-order valence-corrected chi connectivity index (χ0v) is 17.4. The van der Waals surface area contributed by atoms with Crippen molar-refractivity contribution in [3.8, 4) is 16.6 Å². The Morgan fingerprint density at radius 2 is 1.81 bits per heavy atom. The molecule has 32 heavy (non-hydrogen) atoms. The maximum Gasteiger partial charge on any atom is 0.435 e. The van der Waals surface area contributed by atoms with Crippen LogP contribution in [0.5, 0.6) is 0 Å². The van der Waals surface area contributed by atoms with E-state index in [1.807, 2.05) is 0 Å². The van der Waals surface area contributed by atoms with Crippen LogP contribution in [0.1, 0.15) is 16.1 Å². The van der Waals surface area contributed by atoms with Crippen molar-refractivity contribution in [1.82, 2.24) is 14.8 Å². The Labute approximate surface area is 181 Å². The van der Waals surface area contributed by atoms with E-state index in [-0.39, 0.29) is 10.6 Å². The van der Waals surface area contributed by atoms with Crippen molar-refractivity contribution in [3.05, 3.63) is 57.6 Å². The molecule has 3 heterocycles. The summed E-state index contributed by atoms with van der Waals surface area (Å²) in [5.74, 6) is 0. The van der Waals surface area contributed by atoms with Crippen molar-refractivity contribution in [2.24, 2.45) is 7.05 Å². The number of aryl methyl sites for hydroxylation is 1. The quantitative estimate of drug-likeness (QED) is 0.381. The second kappa shape index (κ2) is 8.06. The molecule has 14 heteroatoms. The van der Waals surface area contributed by atoms with Gasteiger partial charge in [0.2, 0.25) is 9.84 Å². The number of aromatic nitrogens is 3. The Morgan fingerprint density at radius 1 is 1.12 bits per heavy atom. The number of hydrogen-bond donors (Lipinski definition) is 0. The highest BCUT2D eigenvalue weighted by Gasteiger charge is 2.35. The van der Waals surface area contributed by atoms with Gasteiger partial charge >= 0.3 is 12.4 Å². The topological polar surface area (TPSA) is 88.6 Å². The summed E-state index contributed by atoms with van der Waals surface area (Å²) in [6, 6.07) is 6.26. The summed E-state index contributed by atoms with van der Waals surface area (Å²) in [7, 11) is -3.22. The molecular weight excluding hydrogens is 482 g/mol. The van der Waals surface area contributed by atoms with Crippen molar-refractivity contribution in [3.63, 3.8) is 0 Å². The number of halogens is 6. The van der Waals surface area contributed by atoms with Crippen LogP contribution in [0, 0.1) is 11.3 Å². The summed E-state index contributed by atoms with van der Waals surface area (Å²) < 4.78 is 103. The van der Waals surface area contributed by atoms with Crippen molar-refractivity contribution >= 4 is 27.3 Å². The van der Waals surface area contributed by atoms with Crippen LogP contribution in [0.2, 0.25) is 0 Å². The SMILES string of the molecule is Cn1nc(C(F)(F)F)cc1-c1ccc(/C=C(/C#N)S(=O)(=O)c2ccc(C(F)(F)F)cn2)s1. The van der Waals surface area contributed by atoms with Crippen LogP contribution in [0.4, 0.5) is 26.3 Å². The average molecular weight is 492 g/mol. The van der Waals surface area contributed by atoms with Gasteiger partial charge in [0.15, 0.2) is 15.6 Å². The summed E-state index contributed by atoms with van der Waals surface area (Å²) >= 11 is 0.896. The predicted molar refractivity (Wildman–Crippen MR) is 102 cm³/mol. The fourth-order valence-corrected chi connectivity index (χ4v) is 4.66. The molecule has 0 radical (unpaired) electrons. The monoisotopic (exact) mass is 492 g/mol. The van der Waals surface area contributed by atoms with Crippen LogP contribution in [0.25, 0.3) is 16.6 Å². The average Bonchev–Trinajstić information content (AvgIpc) is 3.31. The van der Waals surface area contributed by atoms with Gasteiger partial charge in [-0.05, 0) is 36.4 Å². The lowest BCUT2D eigenvalue weighted by Gasteiger charge is -2.07. The van der Waals surface area contributed by atoms with Gasteiger partial charge in [-0.15, -0.1) is 11.3 Å². The number of allylic oxidation sites excluding steroid dienone is 1. The van der Waals surface area contributed by atoms with Crippen molar-refractivity contribution in [1.29, 1.82) is 5.26 Å². The van der Waals surface area contributed by atoms with Gasteiger partial charge in [-0.1, -0.05) is 0 Å². The van der Waals surface area contributed by atoms with E-state index in [1.54, 1.807) is 0 Å². The number of alkyl halides is 6. The number of thiophene rings is 1. The largest absolute Gasteiger partial charge is 0.435 e. The van der Waals surface area contributed by atoms with E-state index in [0.29, 0.717) is 23.2 Å². The van der Waals surface area contributed by atoms with E-state index in [9.17, 15) is 40.0 Å². The molecule has 0 saturated heterocycles. The Kier molecular flexibility index (Phi) is 5.92. The molecule has 0 unspecified atom stereocenters. The molecule has 3 rings (SSSR count). The minimum absolute atomic E-state index is 0.118. The standard InChI is InChI=1S/C18H10F6N4O2S2/c1-28-13(7-15(27-28)18(22,23)24)14-4-3-11(31-14)6-12(8-25)32(29,30)16-5-2-10(9-26-16)17(19,20)21/h2-7,9H,1H3/b12-6-. The number of pyridine rings is 1. The van der Waals surface area contributed by atoms with Gasteiger partial charge in [0.25, 0.3) is 0 Å². The Morgan fingerprint density at radius 3 is 2.31 bits per heavy atom. The summed E-state index contributed by atoms with van der Waals surface area (Å²) in [5.41, 5.74) is -2.14. The second-order valence-electron chi connectivity index (χ2n) is 6.24. The molecule has 0 saturated carbocycles. The number of sulfone groups is 1. The van der Waals surface area contributed by atoms with Gasteiger partial charge in [0, 0.05) is 18.1 Å².